The quantitative estimate of drug-likeness (QED) is 0.935. The Balaban J connectivity index is 2.69. The fourth-order valence-corrected chi connectivity index (χ4v) is 1.98. The first-order valence-electron chi connectivity index (χ1n) is 6.08. The number of halogens is 2. The molecule has 0 spiro atoms. The summed E-state index contributed by atoms with van der Waals surface area (Å²) in [4.78, 5) is 11.2. The number of aromatic carboxylic acids is 1. The van der Waals surface area contributed by atoms with E-state index in [1.54, 1.807) is 11.5 Å². The number of carboxylic acids is 1. The molecule has 0 fully saturated rings. The van der Waals surface area contributed by atoms with E-state index in [0.717, 1.165) is 12.5 Å². The second-order valence-electron chi connectivity index (χ2n) is 4.34. The van der Waals surface area contributed by atoms with Gasteiger partial charge in [0.25, 0.3) is 0 Å². The van der Waals surface area contributed by atoms with E-state index >= 15 is 0 Å². The Bertz CT molecular complexity index is 668. The third-order valence-corrected chi connectivity index (χ3v) is 2.91. The molecule has 2 rings (SSSR count). The van der Waals surface area contributed by atoms with Gasteiger partial charge in [0, 0.05) is 12.1 Å². The van der Waals surface area contributed by atoms with Gasteiger partial charge in [-0.3, -0.25) is 0 Å². The van der Waals surface area contributed by atoms with Crippen LogP contribution >= 0.6 is 0 Å². The summed E-state index contributed by atoms with van der Waals surface area (Å²) in [6, 6.07) is 1.50. The van der Waals surface area contributed by atoms with Gasteiger partial charge in [-0.2, -0.15) is 0 Å². The Morgan fingerprint density at radius 3 is 2.55 bits per heavy atom. The summed E-state index contributed by atoms with van der Waals surface area (Å²) in [6.07, 6.45) is 0.776. The number of rotatable bonds is 4. The third-order valence-electron chi connectivity index (χ3n) is 2.91. The van der Waals surface area contributed by atoms with Crippen LogP contribution in [0, 0.1) is 18.6 Å². The minimum atomic E-state index is -1.34. The Morgan fingerprint density at radius 2 is 1.95 bits per heavy atom. The third kappa shape index (κ3) is 2.38. The van der Waals surface area contributed by atoms with Crippen LogP contribution in [0.2, 0.25) is 0 Å². The number of hydrogen-bond donors (Lipinski definition) is 1. The summed E-state index contributed by atoms with van der Waals surface area (Å²) in [5.41, 5.74) is -0.320. The van der Waals surface area contributed by atoms with Crippen molar-refractivity contribution in [3.8, 4) is 11.4 Å². The molecule has 1 aromatic heterocycles. The Labute approximate surface area is 113 Å². The van der Waals surface area contributed by atoms with Crippen molar-refractivity contribution in [1.82, 2.24) is 14.8 Å². The van der Waals surface area contributed by atoms with E-state index < -0.39 is 17.6 Å². The average Bonchev–Trinajstić information content (AvgIpc) is 2.74. The van der Waals surface area contributed by atoms with Crippen molar-refractivity contribution < 1.29 is 18.7 Å². The molecule has 0 aliphatic carbocycles. The average molecular weight is 281 g/mol. The zero-order valence-corrected chi connectivity index (χ0v) is 11.0. The van der Waals surface area contributed by atoms with Gasteiger partial charge in [0.2, 0.25) is 0 Å². The standard InChI is InChI=1S/C13H13F2N3O2/c1-3-4-18-7(2)16-17-12(18)8-5-10(14)11(15)6-9(8)13(19)20/h5-6H,3-4H2,1-2H3,(H,19,20). The Hall–Kier alpha value is -2.31. The summed E-state index contributed by atoms with van der Waals surface area (Å²) in [7, 11) is 0. The van der Waals surface area contributed by atoms with Crippen LogP contribution in [0.25, 0.3) is 11.4 Å². The minimum absolute atomic E-state index is 0.0189. The topological polar surface area (TPSA) is 68.0 Å². The summed E-state index contributed by atoms with van der Waals surface area (Å²) in [5.74, 6) is -2.86. The molecule has 0 unspecified atom stereocenters. The van der Waals surface area contributed by atoms with Crippen LogP contribution in [-0.4, -0.2) is 25.8 Å². The van der Waals surface area contributed by atoms with Crippen molar-refractivity contribution in [1.29, 1.82) is 0 Å². The maximum Gasteiger partial charge on any atom is 0.336 e. The second-order valence-corrected chi connectivity index (χ2v) is 4.34. The summed E-state index contributed by atoms with van der Waals surface area (Å²) in [5, 5.41) is 16.9. The number of benzene rings is 1. The van der Waals surface area contributed by atoms with Crippen LogP contribution in [0.15, 0.2) is 12.1 Å². The molecule has 0 atom stereocenters. The highest BCUT2D eigenvalue weighted by molar-refractivity contribution is 5.95. The molecule has 5 nitrogen and oxygen atoms in total. The van der Waals surface area contributed by atoms with Gasteiger partial charge in [0.15, 0.2) is 17.5 Å². The summed E-state index contributed by atoms with van der Waals surface area (Å²) in [6.45, 7) is 4.21. The predicted molar refractivity (Wildman–Crippen MR) is 67.4 cm³/mol. The highest BCUT2D eigenvalue weighted by Gasteiger charge is 2.21. The molecule has 20 heavy (non-hydrogen) atoms. The molecule has 0 radical (unpaired) electrons. The van der Waals surface area contributed by atoms with Gasteiger partial charge in [-0.05, 0) is 25.5 Å². The van der Waals surface area contributed by atoms with Crippen LogP contribution in [0.1, 0.15) is 29.5 Å². The lowest BCUT2D eigenvalue weighted by Gasteiger charge is -2.10. The molecule has 0 amide bonds. The molecule has 0 aliphatic heterocycles. The first-order chi connectivity index (χ1) is 9.45. The normalized spacial score (nSPS) is 10.8. The Kier molecular flexibility index (Phi) is 3.78. The smallest absolute Gasteiger partial charge is 0.336 e. The molecule has 2 aromatic rings. The van der Waals surface area contributed by atoms with Crippen LogP contribution < -0.4 is 0 Å². The molecule has 0 aliphatic rings. The molecular formula is C13H13F2N3O2. The maximum atomic E-state index is 13.4. The number of aromatic nitrogens is 3. The van der Waals surface area contributed by atoms with Gasteiger partial charge in [-0.15, -0.1) is 10.2 Å². The zero-order valence-electron chi connectivity index (χ0n) is 11.0. The van der Waals surface area contributed by atoms with Crippen molar-refractivity contribution >= 4 is 5.97 Å². The fraction of sp³-hybridized carbons (Fsp3) is 0.308. The monoisotopic (exact) mass is 281 g/mol. The number of hydrogen-bond acceptors (Lipinski definition) is 3. The Morgan fingerprint density at radius 1 is 1.30 bits per heavy atom. The van der Waals surface area contributed by atoms with Gasteiger partial charge in [0.1, 0.15) is 5.82 Å². The lowest BCUT2D eigenvalue weighted by molar-refractivity contribution is 0.0697. The van der Waals surface area contributed by atoms with Crippen molar-refractivity contribution in [2.45, 2.75) is 26.8 Å². The zero-order chi connectivity index (χ0) is 14.9. The van der Waals surface area contributed by atoms with E-state index in [-0.39, 0.29) is 17.0 Å². The van der Waals surface area contributed by atoms with Crippen molar-refractivity contribution in [3.63, 3.8) is 0 Å². The number of nitrogens with zero attached hydrogens (tertiary/aromatic N) is 3. The fourth-order valence-electron chi connectivity index (χ4n) is 1.98. The van der Waals surface area contributed by atoms with Crippen LogP contribution in [-0.2, 0) is 6.54 Å². The van der Waals surface area contributed by atoms with E-state index in [4.69, 9.17) is 5.11 Å². The largest absolute Gasteiger partial charge is 0.478 e. The molecule has 1 heterocycles. The first-order valence-corrected chi connectivity index (χ1v) is 6.08. The van der Waals surface area contributed by atoms with E-state index in [1.165, 1.54) is 0 Å². The van der Waals surface area contributed by atoms with Gasteiger partial charge in [0.05, 0.1) is 5.56 Å². The lowest BCUT2D eigenvalue weighted by Crippen LogP contribution is -2.07. The summed E-state index contributed by atoms with van der Waals surface area (Å²) < 4.78 is 28.3. The molecule has 0 bridgehead atoms. The molecule has 1 aromatic carbocycles. The second kappa shape index (κ2) is 5.36. The van der Waals surface area contributed by atoms with Crippen molar-refractivity contribution in [2.24, 2.45) is 0 Å². The number of carbonyl (C=O) groups is 1. The maximum absolute atomic E-state index is 13.4. The van der Waals surface area contributed by atoms with Crippen molar-refractivity contribution in [3.05, 3.63) is 35.2 Å². The SMILES string of the molecule is CCCn1c(C)nnc1-c1cc(F)c(F)cc1C(=O)O. The minimum Gasteiger partial charge on any atom is -0.478 e. The number of carboxylic acid groups (broad SMARTS) is 1. The molecule has 0 saturated carbocycles. The van der Waals surface area contributed by atoms with Gasteiger partial charge in [-0.25, -0.2) is 13.6 Å². The van der Waals surface area contributed by atoms with Crippen LogP contribution in [0.4, 0.5) is 8.78 Å². The summed E-state index contributed by atoms with van der Waals surface area (Å²) >= 11 is 0. The van der Waals surface area contributed by atoms with Crippen LogP contribution in [0.3, 0.4) is 0 Å². The van der Waals surface area contributed by atoms with E-state index in [9.17, 15) is 13.6 Å². The van der Waals surface area contributed by atoms with E-state index in [1.807, 2.05) is 6.92 Å². The highest BCUT2D eigenvalue weighted by atomic mass is 19.2. The van der Waals surface area contributed by atoms with E-state index in [2.05, 4.69) is 10.2 Å². The van der Waals surface area contributed by atoms with Gasteiger partial charge >= 0.3 is 5.97 Å². The molecule has 0 saturated heterocycles. The predicted octanol–water partition coefficient (Wildman–Crippen LogP) is 2.64. The highest BCUT2D eigenvalue weighted by Crippen LogP contribution is 2.26. The lowest BCUT2D eigenvalue weighted by atomic mass is 10.1. The van der Waals surface area contributed by atoms with E-state index in [0.29, 0.717) is 18.4 Å². The van der Waals surface area contributed by atoms with Gasteiger partial charge < -0.3 is 9.67 Å². The molecule has 7 heteroatoms. The molecule has 1 N–H and O–H groups in total. The van der Waals surface area contributed by atoms with Crippen molar-refractivity contribution in [2.75, 3.05) is 0 Å². The van der Waals surface area contributed by atoms with Crippen LogP contribution in [0.5, 0.6) is 0 Å². The van der Waals surface area contributed by atoms with Gasteiger partial charge in [-0.1, -0.05) is 6.92 Å². The first kappa shape index (κ1) is 14.1. The molecule has 106 valence electrons. The number of aryl methyl sites for hydroxylation is 1. The molecular weight excluding hydrogens is 268 g/mol.